The number of nitrogens with one attached hydrogen (secondary N) is 1. The van der Waals surface area contributed by atoms with Gasteiger partial charge in [-0.05, 0) is 55.8 Å². The monoisotopic (exact) mass is 444 g/mol. The Morgan fingerprint density at radius 1 is 0.767 bits per heavy atom. The van der Waals surface area contributed by atoms with Crippen molar-refractivity contribution in [1.82, 2.24) is 10.3 Å². The number of alkyl halides is 9. The summed E-state index contributed by atoms with van der Waals surface area (Å²) in [7, 11) is 0. The summed E-state index contributed by atoms with van der Waals surface area (Å²) in [5.41, 5.74) is -2.01. The van der Waals surface area contributed by atoms with Gasteiger partial charge in [-0.15, -0.1) is 0 Å². The van der Waals surface area contributed by atoms with E-state index in [0.717, 1.165) is 30.3 Å². The molecule has 0 spiro atoms. The van der Waals surface area contributed by atoms with Gasteiger partial charge in [0.1, 0.15) is 5.69 Å². The van der Waals surface area contributed by atoms with Crippen LogP contribution in [0.2, 0.25) is 0 Å². The molecule has 0 atom stereocenters. The molecule has 1 N–H and O–H groups in total. The molecule has 166 valence electrons. The van der Waals surface area contributed by atoms with Crippen LogP contribution in [0, 0.1) is 0 Å². The first-order valence-electron chi connectivity index (χ1n) is 8.79. The number of pyridine rings is 1. The van der Waals surface area contributed by atoms with E-state index in [1.54, 1.807) is 0 Å². The van der Waals surface area contributed by atoms with Gasteiger partial charge in [-0.1, -0.05) is 12.1 Å². The summed E-state index contributed by atoms with van der Waals surface area (Å²) in [5.74, 6) is 0. The highest BCUT2D eigenvalue weighted by atomic mass is 19.4. The van der Waals surface area contributed by atoms with Crippen LogP contribution in [-0.4, -0.2) is 24.2 Å². The van der Waals surface area contributed by atoms with Crippen LogP contribution in [0.3, 0.4) is 0 Å². The first kappa shape index (κ1) is 24.0. The minimum absolute atomic E-state index is 0.0441. The SMILES string of the molecule is FC(F)(F)CCCNCCc1cc(-c2ccc(C(F)(F)F)cc2)nc(C(F)(F)F)c1. The second-order valence-corrected chi connectivity index (χ2v) is 6.54. The van der Waals surface area contributed by atoms with E-state index >= 15 is 0 Å². The fraction of sp³-hybridized carbons (Fsp3) is 0.421. The Morgan fingerprint density at radius 3 is 1.93 bits per heavy atom. The largest absolute Gasteiger partial charge is 0.433 e. The van der Waals surface area contributed by atoms with E-state index < -0.39 is 36.2 Å². The fourth-order valence-corrected chi connectivity index (χ4v) is 2.63. The molecular formula is C19H17F9N2. The minimum atomic E-state index is -4.77. The minimum Gasteiger partial charge on any atom is -0.316 e. The van der Waals surface area contributed by atoms with E-state index in [-0.39, 0.29) is 42.8 Å². The summed E-state index contributed by atoms with van der Waals surface area (Å²) in [6.07, 6.45) is -14.7. The molecule has 2 nitrogen and oxygen atoms in total. The molecular weight excluding hydrogens is 427 g/mol. The van der Waals surface area contributed by atoms with Crippen molar-refractivity contribution in [3.8, 4) is 11.3 Å². The molecule has 2 rings (SSSR count). The summed E-state index contributed by atoms with van der Waals surface area (Å²) in [5, 5.41) is 2.72. The van der Waals surface area contributed by atoms with Crippen LogP contribution in [0.1, 0.15) is 29.7 Å². The number of halogens is 9. The average Bonchev–Trinajstić information content (AvgIpc) is 2.62. The van der Waals surface area contributed by atoms with Gasteiger partial charge in [-0.2, -0.15) is 39.5 Å². The molecule has 11 heteroatoms. The second-order valence-electron chi connectivity index (χ2n) is 6.54. The number of rotatable bonds is 7. The standard InChI is InChI=1S/C19H17F9N2/c20-17(21,22)7-1-8-29-9-6-12-10-15(30-16(11-12)19(26,27)28)13-2-4-14(5-3-13)18(23,24)25/h2-5,10-11,29H,1,6-9H2. The van der Waals surface area contributed by atoms with Crippen molar-refractivity contribution >= 4 is 0 Å². The van der Waals surface area contributed by atoms with Gasteiger partial charge in [0.25, 0.3) is 0 Å². The molecule has 0 unspecified atom stereocenters. The van der Waals surface area contributed by atoms with Gasteiger partial charge in [-0.25, -0.2) is 4.98 Å². The molecule has 0 amide bonds. The third kappa shape index (κ3) is 7.51. The summed E-state index contributed by atoms with van der Waals surface area (Å²) in [6, 6.07) is 5.69. The zero-order chi connectivity index (χ0) is 22.6. The van der Waals surface area contributed by atoms with E-state index in [1.165, 1.54) is 6.07 Å². The van der Waals surface area contributed by atoms with Gasteiger partial charge < -0.3 is 5.32 Å². The number of nitrogens with zero attached hydrogens (tertiary/aromatic N) is 1. The Bertz CT molecular complexity index is 822. The van der Waals surface area contributed by atoms with Gasteiger partial charge in [0.2, 0.25) is 0 Å². The first-order valence-corrected chi connectivity index (χ1v) is 8.79. The summed E-state index contributed by atoms with van der Waals surface area (Å²) in [6.45, 7) is 0.175. The molecule has 1 aromatic carbocycles. The topological polar surface area (TPSA) is 24.9 Å². The molecule has 0 fully saturated rings. The Hall–Kier alpha value is -2.30. The predicted octanol–water partition coefficient (Wildman–Crippen LogP) is 6.26. The molecule has 30 heavy (non-hydrogen) atoms. The molecule has 2 aromatic rings. The smallest absolute Gasteiger partial charge is 0.316 e. The number of benzene rings is 1. The van der Waals surface area contributed by atoms with Gasteiger partial charge in [0.05, 0.1) is 11.3 Å². The molecule has 1 aromatic heterocycles. The third-order valence-electron chi connectivity index (χ3n) is 4.09. The third-order valence-corrected chi connectivity index (χ3v) is 4.09. The normalized spacial score (nSPS) is 13.0. The van der Waals surface area contributed by atoms with Crippen LogP contribution >= 0.6 is 0 Å². The summed E-state index contributed by atoms with van der Waals surface area (Å²) < 4.78 is 114. The average molecular weight is 444 g/mol. The van der Waals surface area contributed by atoms with Gasteiger partial charge in [0, 0.05) is 12.0 Å². The molecule has 0 radical (unpaired) electrons. The van der Waals surface area contributed by atoms with Crippen LogP contribution < -0.4 is 5.32 Å². The van der Waals surface area contributed by atoms with E-state index in [4.69, 9.17) is 0 Å². The Kier molecular flexibility index (Phi) is 7.38. The predicted molar refractivity (Wildman–Crippen MR) is 91.5 cm³/mol. The van der Waals surface area contributed by atoms with E-state index in [0.29, 0.717) is 0 Å². The maximum atomic E-state index is 13.2. The Morgan fingerprint density at radius 2 is 1.40 bits per heavy atom. The quantitative estimate of drug-likeness (QED) is 0.403. The van der Waals surface area contributed by atoms with Gasteiger partial charge in [0.15, 0.2) is 0 Å². The lowest BCUT2D eigenvalue weighted by Crippen LogP contribution is -2.21. The second kappa shape index (κ2) is 9.23. The maximum absolute atomic E-state index is 13.2. The molecule has 0 aliphatic carbocycles. The van der Waals surface area contributed by atoms with E-state index in [2.05, 4.69) is 10.3 Å². The molecule has 0 saturated carbocycles. The lowest BCUT2D eigenvalue weighted by atomic mass is 10.0. The molecule has 1 heterocycles. The lowest BCUT2D eigenvalue weighted by molar-refractivity contribution is -0.141. The van der Waals surface area contributed by atoms with Crippen LogP contribution in [0.4, 0.5) is 39.5 Å². The number of aromatic nitrogens is 1. The highest BCUT2D eigenvalue weighted by molar-refractivity contribution is 5.61. The van der Waals surface area contributed by atoms with Crippen molar-refractivity contribution in [2.75, 3.05) is 13.1 Å². The van der Waals surface area contributed by atoms with Crippen LogP contribution in [0.25, 0.3) is 11.3 Å². The highest BCUT2D eigenvalue weighted by Gasteiger charge is 2.34. The van der Waals surface area contributed by atoms with Crippen molar-refractivity contribution in [2.45, 2.75) is 37.8 Å². The Labute approximate surface area is 166 Å². The lowest BCUT2D eigenvalue weighted by Gasteiger charge is -2.13. The molecule has 0 saturated heterocycles. The molecule has 0 bridgehead atoms. The number of hydrogen-bond acceptors (Lipinski definition) is 2. The zero-order valence-electron chi connectivity index (χ0n) is 15.3. The van der Waals surface area contributed by atoms with Crippen LogP contribution in [0.5, 0.6) is 0 Å². The van der Waals surface area contributed by atoms with Gasteiger partial charge in [-0.3, -0.25) is 0 Å². The van der Waals surface area contributed by atoms with Crippen molar-refractivity contribution in [3.63, 3.8) is 0 Å². The van der Waals surface area contributed by atoms with E-state index in [9.17, 15) is 39.5 Å². The summed E-state index contributed by atoms with van der Waals surface area (Å²) >= 11 is 0. The number of hydrogen-bond donors (Lipinski definition) is 1. The molecule has 0 aliphatic heterocycles. The molecule has 0 aliphatic rings. The summed E-state index contributed by atoms with van der Waals surface area (Å²) in [4.78, 5) is 3.50. The van der Waals surface area contributed by atoms with Crippen molar-refractivity contribution in [1.29, 1.82) is 0 Å². The maximum Gasteiger partial charge on any atom is 0.433 e. The van der Waals surface area contributed by atoms with Gasteiger partial charge >= 0.3 is 18.5 Å². The fourth-order valence-electron chi connectivity index (χ4n) is 2.63. The van der Waals surface area contributed by atoms with Crippen molar-refractivity contribution < 1.29 is 39.5 Å². The Balaban J connectivity index is 2.14. The van der Waals surface area contributed by atoms with Crippen LogP contribution in [-0.2, 0) is 18.8 Å². The van der Waals surface area contributed by atoms with Crippen molar-refractivity contribution in [2.24, 2.45) is 0 Å². The highest BCUT2D eigenvalue weighted by Crippen LogP contribution is 2.33. The zero-order valence-corrected chi connectivity index (χ0v) is 15.3. The first-order chi connectivity index (χ1) is 13.8. The van der Waals surface area contributed by atoms with Crippen molar-refractivity contribution in [3.05, 3.63) is 53.2 Å². The van der Waals surface area contributed by atoms with E-state index in [1.807, 2.05) is 0 Å². The van der Waals surface area contributed by atoms with Crippen LogP contribution in [0.15, 0.2) is 36.4 Å².